The Morgan fingerprint density at radius 2 is 2.11 bits per heavy atom. The van der Waals surface area contributed by atoms with Crippen molar-refractivity contribution in [1.82, 2.24) is 5.32 Å². The van der Waals surface area contributed by atoms with Crippen LogP contribution >= 0.6 is 0 Å². The Kier molecular flexibility index (Phi) is 3.91. The van der Waals surface area contributed by atoms with Crippen LogP contribution in [0.5, 0.6) is 0 Å². The molecule has 0 radical (unpaired) electrons. The van der Waals surface area contributed by atoms with Crippen molar-refractivity contribution in [2.75, 3.05) is 18.0 Å². The van der Waals surface area contributed by atoms with E-state index in [4.69, 9.17) is 0 Å². The maximum absolute atomic E-state index is 13.4. The highest BCUT2D eigenvalue weighted by molar-refractivity contribution is 5.54. The Morgan fingerprint density at radius 3 is 2.78 bits per heavy atom. The maximum atomic E-state index is 13.4. The minimum Gasteiger partial charge on any atom is -0.366 e. The standard InChI is InChI=1S/C15H23FN2/c1-10(2)14-9-18(12(4)8-17-14)15-7-13(16)6-5-11(15)3/h5-7,10,12,14,17H,8-9H2,1-4H3. The Bertz CT molecular complexity index is 417. The summed E-state index contributed by atoms with van der Waals surface area (Å²) in [6, 6.07) is 5.94. The Balaban J connectivity index is 2.26. The number of nitrogens with one attached hydrogen (secondary N) is 1. The van der Waals surface area contributed by atoms with Crippen molar-refractivity contribution in [3.63, 3.8) is 0 Å². The van der Waals surface area contributed by atoms with Crippen LogP contribution < -0.4 is 10.2 Å². The van der Waals surface area contributed by atoms with E-state index < -0.39 is 0 Å². The molecule has 2 rings (SSSR count). The smallest absolute Gasteiger partial charge is 0.125 e. The molecule has 0 amide bonds. The molecule has 1 saturated heterocycles. The fraction of sp³-hybridized carbons (Fsp3) is 0.600. The van der Waals surface area contributed by atoms with E-state index in [1.165, 1.54) is 6.07 Å². The monoisotopic (exact) mass is 250 g/mol. The van der Waals surface area contributed by atoms with Crippen molar-refractivity contribution < 1.29 is 4.39 Å². The lowest BCUT2D eigenvalue weighted by Crippen LogP contribution is -2.57. The SMILES string of the molecule is Cc1ccc(F)cc1N1CC(C(C)C)NCC1C. The van der Waals surface area contributed by atoms with Crippen LogP contribution in [0, 0.1) is 18.7 Å². The molecular weight excluding hydrogens is 227 g/mol. The number of rotatable bonds is 2. The number of hydrogen-bond donors (Lipinski definition) is 1. The molecule has 1 aromatic rings. The number of hydrogen-bond acceptors (Lipinski definition) is 2. The highest BCUT2D eigenvalue weighted by Gasteiger charge is 2.27. The van der Waals surface area contributed by atoms with Gasteiger partial charge in [0.15, 0.2) is 0 Å². The second-order valence-electron chi connectivity index (χ2n) is 5.69. The minimum absolute atomic E-state index is 0.151. The summed E-state index contributed by atoms with van der Waals surface area (Å²) in [5.74, 6) is 0.441. The molecule has 2 unspecified atom stereocenters. The lowest BCUT2D eigenvalue weighted by Gasteiger charge is -2.42. The first-order valence-electron chi connectivity index (χ1n) is 6.75. The van der Waals surface area contributed by atoms with Gasteiger partial charge in [-0.15, -0.1) is 0 Å². The lowest BCUT2D eigenvalue weighted by molar-refractivity contribution is 0.336. The normalized spacial score (nSPS) is 24.7. The van der Waals surface area contributed by atoms with E-state index in [2.05, 4.69) is 31.0 Å². The molecule has 1 aliphatic heterocycles. The molecule has 100 valence electrons. The third kappa shape index (κ3) is 2.66. The van der Waals surface area contributed by atoms with Crippen molar-refractivity contribution in [3.8, 4) is 0 Å². The summed E-state index contributed by atoms with van der Waals surface area (Å²) < 4.78 is 13.4. The average molecular weight is 250 g/mol. The van der Waals surface area contributed by atoms with Gasteiger partial charge in [0, 0.05) is 30.9 Å². The topological polar surface area (TPSA) is 15.3 Å². The molecule has 2 nitrogen and oxygen atoms in total. The number of halogens is 1. The highest BCUT2D eigenvalue weighted by Crippen LogP contribution is 2.26. The first-order valence-corrected chi connectivity index (χ1v) is 6.75. The molecule has 0 spiro atoms. The number of piperazine rings is 1. The third-order valence-electron chi connectivity index (χ3n) is 3.89. The number of aryl methyl sites for hydroxylation is 1. The molecular formula is C15H23FN2. The third-order valence-corrected chi connectivity index (χ3v) is 3.89. The summed E-state index contributed by atoms with van der Waals surface area (Å²) >= 11 is 0. The van der Waals surface area contributed by atoms with E-state index in [0.717, 1.165) is 24.3 Å². The molecule has 0 saturated carbocycles. The van der Waals surface area contributed by atoms with Crippen LogP contribution in [0.1, 0.15) is 26.3 Å². The molecule has 0 aromatic heterocycles. The molecule has 1 aliphatic rings. The zero-order valence-corrected chi connectivity index (χ0v) is 11.7. The Hall–Kier alpha value is -1.09. The van der Waals surface area contributed by atoms with Gasteiger partial charge in [0.2, 0.25) is 0 Å². The average Bonchev–Trinajstić information content (AvgIpc) is 2.33. The Morgan fingerprint density at radius 1 is 1.39 bits per heavy atom. The second kappa shape index (κ2) is 5.27. The molecule has 1 N–H and O–H groups in total. The van der Waals surface area contributed by atoms with Crippen molar-refractivity contribution in [3.05, 3.63) is 29.6 Å². The molecule has 3 heteroatoms. The summed E-state index contributed by atoms with van der Waals surface area (Å²) in [7, 11) is 0. The number of nitrogens with zero attached hydrogens (tertiary/aromatic N) is 1. The molecule has 1 aromatic carbocycles. The van der Waals surface area contributed by atoms with E-state index in [0.29, 0.717) is 18.0 Å². The van der Waals surface area contributed by atoms with Crippen LogP contribution in [0.2, 0.25) is 0 Å². The van der Waals surface area contributed by atoms with Gasteiger partial charge in [0.25, 0.3) is 0 Å². The highest BCUT2D eigenvalue weighted by atomic mass is 19.1. The summed E-state index contributed by atoms with van der Waals surface area (Å²) in [6.07, 6.45) is 0. The predicted molar refractivity (Wildman–Crippen MR) is 74.6 cm³/mol. The summed E-state index contributed by atoms with van der Waals surface area (Å²) in [6.45, 7) is 10.6. The van der Waals surface area contributed by atoms with Crippen molar-refractivity contribution in [2.24, 2.45) is 5.92 Å². The van der Waals surface area contributed by atoms with Crippen molar-refractivity contribution >= 4 is 5.69 Å². The first kappa shape index (κ1) is 13.3. The van der Waals surface area contributed by atoms with Gasteiger partial charge in [0.1, 0.15) is 5.82 Å². The summed E-state index contributed by atoms with van der Waals surface area (Å²) in [4.78, 5) is 2.33. The van der Waals surface area contributed by atoms with Crippen molar-refractivity contribution in [2.45, 2.75) is 39.8 Å². The van der Waals surface area contributed by atoms with Crippen LogP contribution in [0.4, 0.5) is 10.1 Å². The van der Waals surface area contributed by atoms with Crippen molar-refractivity contribution in [1.29, 1.82) is 0 Å². The maximum Gasteiger partial charge on any atom is 0.125 e. The Labute approximate surface area is 109 Å². The molecule has 1 fully saturated rings. The van der Waals surface area contributed by atoms with Gasteiger partial charge in [-0.25, -0.2) is 4.39 Å². The molecule has 2 atom stereocenters. The molecule has 0 aliphatic carbocycles. The van der Waals surface area contributed by atoms with Crippen LogP contribution in [-0.4, -0.2) is 25.2 Å². The fourth-order valence-corrected chi connectivity index (χ4v) is 2.56. The number of anilines is 1. The van der Waals surface area contributed by atoms with E-state index in [9.17, 15) is 4.39 Å². The van der Waals surface area contributed by atoms with E-state index in [1.807, 2.05) is 13.0 Å². The summed E-state index contributed by atoms with van der Waals surface area (Å²) in [5, 5.41) is 3.57. The van der Waals surface area contributed by atoms with Gasteiger partial charge >= 0.3 is 0 Å². The summed E-state index contributed by atoms with van der Waals surface area (Å²) in [5.41, 5.74) is 2.18. The zero-order valence-electron chi connectivity index (χ0n) is 11.7. The second-order valence-corrected chi connectivity index (χ2v) is 5.69. The predicted octanol–water partition coefficient (Wildman–Crippen LogP) is 2.96. The van der Waals surface area contributed by atoms with E-state index in [-0.39, 0.29) is 5.82 Å². The van der Waals surface area contributed by atoms with Gasteiger partial charge in [-0.2, -0.15) is 0 Å². The van der Waals surface area contributed by atoms with Crippen LogP contribution in [0.15, 0.2) is 18.2 Å². The van der Waals surface area contributed by atoms with Crippen LogP contribution in [0.3, 0.4) is 0 Å². The van der Waals surface area contributed by atoms with E-state index in [1.54, 1.807) is 6.07 Å². The van der Waals surface area contributed by atoms with Gasteiger partial charge in [0.05, 0.1) is 0 Å². The van der Waals surface area contributed by atoms with Gasteiger partial charge in [-0.3, -0.25) is 0 Å². The van der Waals surface area contributed by atoms with Crippen LogP contribution in [0.25, 0.3) is 0 Å². The largest absolute Gasteiger partial charge is 0.366 e. The first-order chi connectivity index (χ1) is 8.49. The lowest BCUT2D eigenvalue weighted by atomic mass is 9.98. The van der Waals surface area contributed by atoms with Gasteiger partial charge < -0.3 is 10.2 Å². The molecule has 0 bridgehead atoms. The quantitative estimate of drug-likeness (QED) is 0.868. The minimum atomic E-state index is -0.151. The van der Waals surface area contributed by atoms with E-state index >= 15 is 0 Å². The fourth-order valence-electron chi connectivity index (χ4n) is 2.56. The van der Waals surface area contributed by atoms with Crippen LogP contribution in [-0.2, 0) is 0 Å². The molecule has 18 heavy (non-hydrogen) atoms. The van der Waals surface area contributed by atoms with Gasteiger partial charge in [-0.05, 0) is 37.5 Å². The zero-order chi connectivity index (χ0) is 13.3. The van der Waals surface area contributed by atoms with Gasteiger partial charge in [-0.1, -0.05) is 19.9 Å². The molecule has 1 heterocycles. The number of benzene rings is 1.